The second-order valence-electron chi connectivity index (χ2n) is 4.61. The van der Waals surface area contributed by atoms with E-state index in [2.05, 4.69) is 22.5 Å². The van der Waals surface area contributed by atoms with Crippen LogP contribution in [0.4, 0.5) is 10.5 Å². The van der Waals surface area contributed by atoms with E-state index >= 15 is 0 Å². The van der Waals surface area contributed by atoms with E-state index in [1.165, 1.54) is 0 Å². The van der Waals surface area contributed by atoms with Crippen molar-refractivity contribution in [1.29, 1.82) is 0 Å². The molecule has 1 heterocycles. The predicted molar refractivity (Wildman–Crippen MR) is 80.6 cm³/mol. The molecular weight excluding hydrogens is 250 g/mol. The van der Waals surface area contributed by atoms with Crippen molar-refractivity contribution in [1.82, 2.24) is 10.3 Å². The van der Waals surface area contributed by atoms with Crippen LogP contribution in [0.1, 0.15) is 31.0 Å². The summed E-state index contributed by atoms with van der Waals surface area (Å²) in [6, 6.07) is 11.3. The first-order chi connectivity index (χ1) is 9.70. The number of hydrogen-bond donors (Lipinski definition) is 2. The number of hydrogen-bond acceptors (Lipinski definition) is 2. The fourth-order valence-corrected chi connectivity index (χ4v) is 2.04. The number of nitrogens with zero attached hydrogens (tertiary/aromatic N) is 1. The van der Waals surface area contributed by atoms with Gasteiger partial charge in [-0.2, -0.15) is 0 Å². The Kier molecular flexibility index (Phi) is 4.71. The molecular formula is C16H19N3O. The van der Waals surface area contributed by atoms with E-state index in [0.717, 1.165) is 23.2 Å². The van der Waals surface area contributed by atoms with Crippen molar-refractivity contribution in [3.63, 3.8) is 0 Å². The number of carbonyl (C=O) groups is 1. The fraction of sp³-hybridized carbons (Fsp3) is 0.250. The summed E-state index contributed by atoms with van der Waals surface area (Å²) in [5.74, 6) is 0. The molecule has 4 nitrogen and oxygen atoms in total. The zero-order chi connectivity index (χ0) is 14.4. The minimum Gasteiger partial charge on any atom is -0.331 e. The summed E-state index contributed by atoms with van der Waals surface area (Å²) in [6.45, 7) is 4.01. The Balaban J connectivity index is 1.99. The van der Waals surface area contributed by atoms with Crippen molar-refractivity contribution >= 4 is 11.7 Å². The zero-order valence-corrected chi connectivity index (χ0v) is 11.8. The van der Waals surface area contributed by atoms with Crippen LogP contribution in [0.3, 0.4) is 0 Å². The van der Waals surface area contributed by atoms with Crippen LogP contribution in [-0.2, 0) is 6.42 Å². The average molecular weight is 269 g/mol. The first-order valence-corrected chi connectivity index (χ1v) is 6.76. The van der Waals surface area contributed by atoms with E-state index in [1.807, 2.05) is 43.3 Å². The van der Waals surface area contributed by atoms with Gasteiger partial charge in [-0.1, -0.05) is 25.1 Å². The predicted octanol–water partition coefficient (Wildman–Crippen LogP) is 3.53. The Morgan fingerprint density at radius 2 is 1.90 bits per heavy atom. The normalized spacial score (nSPS) is 11.7. The summed E-state index contributed by atoms with van der Waals surface area (Å²) in [5.41, 5.74) is 3.01. The van der Waals surface area contributed by atoms with Gasteiger partial charge >= 0.3 is 6.03 Å². The van der Waals surface area contributed by atoms with Crippen molar-refractivity contribution in [2.24, 2.45) is 0 Å². The molecule has 1 aromatic carbocycles. The molecule has 1 atom stereocenters. The topological polar surface area (TPSA) is 54.0 Å². The maximum absolute atomic E-state index is 12.0. The maximum Gasteiger partial charge on any atom is 0.319 e. The van der Waals surface area contributed by atoms with Crippen LogP contribution in [0.5, 0.6) is 0 Å². The second-order valence-corrected chi connectivity index (χ2v) is 4.61. The third-order valence-corrected chi connectivity index (χ3v) is 3.20. The van der Waals surface area contributed by atoms with Gasteiger partial charge in [0.1, 0.15) is 0 Å². The highest BCUT2D eigenvalue weighted by Crippen LogP contribution is 2.16. The molecule has 0 spiro atoms. The van der Waals surface area contributed by atoms with Crippen molar-refractivity contribution in [3.05, 3.63) is 59.9 Å². The lowest BCUT2D eigenvalue weighted by Gasteiger charge is -2.16. The quantitative estimate of drug-likeness (QED) is 0.892. The second kappa shape index (κ2) is 6.70. The molecule has 0 radical (unpaired) electrons. The first-order valence-electron chi connectivity index (χ1n) is 6.76. The summed E-state index contributed by atoms with van der Waals surface area (Å²) in [5, 5.41) is 5.81. The molecule has 0 saturated heterocycles. The van der Waals surface area contributed by atoms with Gasteiger partial charge in [0, 0.05) is 18.1 Å². The van der Waals surface area contributed by atoms with Gasteiger partial charge in [-0.05, 0) is 42.7 Å². The Morgan fingerprint density at radius 3 is 2.60 bits per heavy atom. The van der Waals surface area contributed by atoms with Crippen LogP contribution in [0, 0.1) is 0 Å². The van der Waals surface area contributed by atoms with Crippen LogP contribution < -0.4 is 10.6 Å². The van der Waals surface area contributed by atoms with Gasteiger partial charge in [0.15, 0.2) is 0 Å². The molecule has 0 saturated carbocycles. The monoisotopic (exact) mass is 269 g/mol. The SMILES string of the molecule is CCc1ccccc1NC(=O)NC(C)c1ccncc1. The molecule has 0 aliphatic carbocycles. The van der Waals surface area contributed by atoms with Gasteiger partial charge in [-0.3, -0.25) is 4.98 Å². The van der Waals surface area contributed by atoms with Crippen LogP contribution in [0.2, 0.25) is 0 Å². The molecule has 2 amide bonds. The minimum atomic E-state index is -0.199. The van der Waals surface area contributed by atoms with Gasteiger partial charge in [0.05, 0.1) is 6.04 Å². The van der Waals surface area contributed by atoms with Gasteiger partial charge in [0.2, 0.25) is 0 Å². The van der Waals surface area contributed by atoms with E-state index in [4.69, 9.17) is 0 Å². The Labute approximate surface area is 119 Å². The maximum atomic E-state index is 12.0. The van der Waals surface area contributed by atoms with E-state index < -0.39 is 0 Å². The van der Waals surface area contributed by atoms with Crippen molar-refractivity contribution in [2.45, 2.75) is 26.3 Å². The molecule has 4 heteroatoms. The van der Waals surface area contributed by atoms with Crippen molar-refractivity contribution in [2.75, 3.05) is 5.32 Å². The average Bonchev–Trinajstić information content (AvgIpc) is 2.48. The molecule has 0 aliphatic rings. The van der Waals surface area contributed by atoms with Crippen LogP contribution in [-0.4, -0.2) is 11.0 Å². The number of nitrogens with one attached hydrogen (secondary N) is 2. The van der Waals surface area contributed by atoms with E-state index in [1.54, 1.807) is 12.4 Å². The molecule has 2 rings (SSSR count). The minimum absolute atomic E-state index is 0.0632. The number of rotatable bonds is 4. The summed E-state index contributed by atoms with van der Waals surface area (Å²) in [7, 11) is 0. The summed E-state index contributed by atoms with van der Waals surface area (Å²) >= 11 is 0. The highest BCUT2D eigenvalue weighted by Gasteiger charge is 2.10. The van der Waals surface area contributed by atoms with Gasteiger partial charge in [0.25, 0.3) is 0 Å². The molecule has 2 aromatic rings. The van der Waals surface area contributed by atoms with Crippen LogP contribution in [0.25, 0.3) is 0 Å². The zero-order valence-electron chi connectivity index (χ0n) is 11.8. The van der Waals surface area contributed by atoms with Crippen LogP contribution >= 0.6 is 0 Å². The third-order valence-electron chi connectivity index (χ3n) is 3.20. The Morgan fingerprint density at radius 1 is 1.20 bits per heavy atom. The number of urea groups is 1. The fourth-order valence-electron chi connectivity index (χ4n) is 2.04. The standard InChI is InChI=1S/C16H19N3O/c1-3-13-6-4-5-7-15(13)19-16(20)18-12(2)14-8-10-17-11-9-14/h4-12H,3H2,1-2H3,(H2,18,19,20). The molecule has 20 heavy (non-hydrogen) atoms. The lowest BCUT2D eigenvalue weighted by molar-refractivity contribution is 0.249. The number of amides is 2. The lowest BCUT2D eigenvalue weighted by Crippen LogP contribution is -2.31. The molecule has 1 aromatic heterocycles. The van der Waals surface area contributed by atoms with Gasteiger partial charge < -0.3 is 10.6 Å². The number of pyridine rings is 1. The number of anilines is 1. The van der Waals surface area contributed by atoms with Crippen molar-refractivity contribution in [3.8, 4) is 0 Å². The molecule has 0 aliphatic heterocycles. The molecule has 1 unspecified atom stereocenters. The Hall–Kier alpha value is -2.36. The van der Waals surface area contributed by atoms with Gasteiger partial charge in [-0.15, -0.1) is 0 Å². The van der Waals surface area contributed by atoms with E-state index in [-0.39, 0.29) is 12.1 Å². The van der Waals surface area contributed by atoms with Crippen LogP contribution in [0.15, 0.2) is 48.8 Å². The number of carbonyl (C=O) groups excluding carboxylic acids is 1. The largest absolute Gasteiger partial charge is 0.331 e. The summed E-state index contributed by atoms with van der Waals surface area (Å²) in [6.07, 6.45) is 4.33. The number of aromatic nitrogens is 1. The highest BCUT2D eigenvalue weighted by molar-refractivity contribution is 5.90. The molecule has 0 bridgehead atoms. The Bertz CT molecular complexity index is 569. The number of aryl methyl sites for hydroxylation is 1. The first kappa shape index (κ1) is 14.1. The molecule has 104 valence electrons. The highest BCUT2D eigenvalue weighted by atomic mass is 16.2. The molecule has 2 N–H and O–H groups in total. The van der Waals surface area contributed by atoms with Gasteiger partial charge in [-0.25, -0.2) is 4.79 Å². The summed E-state index contributed by atoms with van der Waals surface area (Å²) in [4.78, 5) is 16.0. The van der Waals surface area contributed by atoms with E-state index in [9.17, 15) is 4.79 Å². The number of benzene rings is 1. The molecule has 0 fully saturated rings. The smallest absolute Gasteiger partial charge is 0.319 e. The van der Waals surface area contributed by atoms with E-state index in [0.29, 0.717) is 0 Å². The lowest BCUT2D eigenvalue weighted by atomic mass is 10.1. The van der Waals surface area contributed by atoms with Crippen molar-refractivity contribution < 1.29 is 4.79 Å². The number of para-hydroxylation sites is 1. The third kappa shape index (κ3) is 3.57. The summed E-state index contributed by atoms with van der Waals surface area (Å²) < 4.78 is 0.